The zero-order chi connectivity index (χ0) is 30.4. The van der Waals surface area contributed by atoms with Gasteiger partial charge in [0.05, 0.1) is 18.2 Å². The molecule has 216 valence electrons. The quantitative estimate of drug-likeness (QED) is 0.141. The number of hydrogen-bond donors (Lipinski definition) is 0. The van der Waals surface area contributed by atoms with Crippen LogP contribution in [0.4, 0.5) is 26.3 Å². The van der Waals surface area contributed by atoms with Crippen LogP contribution in [0.15, 0.2) is 121 Å². The van der Waals surface area contributed by atoms with Crippen molar-refractivity contribution in [2.24, 2.45) is 0 Å². The van der Waals surface area contributed by atoms with Gasteiger partial charge in [-0.1, -0.05) is 91.0 Å². The van der Waals surface area contributed by atoms with Crippen molar-refractivity contribution in [2.75, 3.05) is 7.11 Å². The molecule has 0 unspecified atom stereocenters. The first-order valence-electron chi connectivity index (χ1n) is 13.3. The molecule has 1 nitrogen and oxygen atoms in total. The minimum absolute atomic E-state index is 0.568. The van der Waals surface area contributed by atoms with E-state index in [2.05, 4.69) is 0 Å². The van der Waals surface area contributed by atoms with Gasteiger partial charge in [0.15, 0.2) is 0 Å². The molecule has 0 aliphatic carbocycles. The molecule has 0 fully saturated rings. The lowest BCUT2D eigenvalue weighted by molar-refractivity contribution is -0.138. The van der Waals surface area contributed by atoms with E-state index in [9.17, 15) is 26.3 Å². The maximum atomic E-state index is 13.5. The van der Waals surface area contributed by atoms with E-state index in [1.54, 1.807) is 7.11 Å². The molecule has 0 aliphatic rings. The van der Waals surface area contributed by atoms with Crippen LogP contribution >= 0.6 is 7.92 Å². The average Bonchev–Trinajstić information content (AvgIpc) is 3.00. The molecule has 0 N–H and O–H groups in total. The van der Waals surface area contributed by atoms with Gasteiger partial charge in [0, 0.05) is 11.1 Å². The van der Waals surface area contributed by atoms with Crippen LogP contribution < -0.4 is 20.7 Å². The summed E-state index contributed by atoms with van der Waals surface area (Å²) in [5.41, 5.74) is 0.0255. The van der Waals surface area contributed by atoms with Crippen molar-refractivity contribution in [3.8, 4) is 16.9 Å². The highest BCUT2D eigenvalue weighted by Gasteiger charge is 2.33. The third-order valence-corrected chi connectivity index (χ3v) is 9.90. The predicted octanol–water partition coefficient (Wildman–Crippen LogP) is 9.46. The highest BCUT2D eigenvalue weighted by Crippen LogP contribution is 2.46. The molecule has 6 aromatic rings. The van der Waals surface area contributed by atoms with E-state index in [1.165, 1.54) is 24.3 Å². The average molecular weight is 605 g/mol. The SMILES string of the molecule is COc1ccc2ccccc2c1-c1c(P(c2ccc(C(F)(F)F)cc2)c2ccc(C(F)(F)F)cc2)ccc2ccccc12. The second kappa shape index (κ2) is 11.1. The Hall–Kier alpha value is -4.35. The first kappa shape index (κ1) is 28.8. The molecule has 0 saturated carbocycles. The summed E-state index contributed by atoms with van der Waals surface area (Å²) in [5.74, 6) is 0.603. The lowest BCUT2D eigenvalue weighted by atomic mass is 9.93. The van der Waals surface area contributed by atoms with Crippen molar-refractivity contribution in [3.63, 3.8) is 0 Å². The van der Waals surface area contributed by atoms with Gasteiger partial charge in [-0.15, -0.1) is 0 Å². The lowest BCUT2D eigenvalue weighted by Gasteiger charge is -2.26. The van der Waals surface area contributed by atoms with Crippen LogP contribution in [0.25, 0.3) is 32.7 Å². The molecule has 43 heavy (non-hydrogen) atoms. The van der Waals surface area contributed by atoms with E-state index in [4.69, 9.17) is 4.74 Å². The zero-order valence-corrected chi connectivity index (χ0v) is 23.6. The van der Waals surface area contributed by atoms with E-state index >= 15 is 0 Å². The predicted molar refractivity (Wildman–Crippen MR) is 162 cm³/mol. The number of fused-ring (bicyclic) bond motifs is 2. The molecule has 0 aliphatic heterocycles. The van der Waals surface area contributed by atoms with Gasteiger partial charge in [-0.2, -0.15) is 26.3 Å². The van der Waals surface area contributed by atoms with Gasteiger partial charge in [0.1, 0.15) is 5.75 Å². The normalized spacial score (nSPS) is 12.3. The molecule has 6 rings (SSSR count). The topological polar surface area (TPSA) is 9.23 Å². The summed E-state index contributed by atoms with van der Waals surface area (Å²) in [5, 5.41) is 5.62. The molecule has 8 heteroatoms. The molecular weight excluding hydrogens is 581 g/mol. The molecule has 0 atom stereocenters. The molecule has 0 spiro atoms. The number of alkyl halides is 6. The fraction of sp³-hybridized carbons (Fsp3) is 0.0857. The van der Waals surface area contributed by atoms with Crippen LogP contribution in [0.5, 0.6) is 5.75 Å². The Morgan fingerprint density at radius 2 is 0.930 bits per heavy atom. The molecule has 0 heterocycles. The van der Waals surface area contributed by atoms with Gasteiger partial charge in [0.25, 0.3) is 0 Å². The van der Waals surface area contributed by atoms with Gasteiger partial charge < -0.3 is 4.74 Å². The van der Waals surface area contributed by atoms with E-state index in [-0.39, 0.29) is 0 Å². The summed E-state index contributed by atoms with van der Waals surface area (Å²) in [6.07, 6.45) is -9.06. The Labute approximate surface area is 245 Å². The van der Waals surface area contributed by atoms with Crippen molar-refractivity contribution in [3.05, 3.63) is 132 Å². The Bertz CT molecular complexity index is 1870. The fourth-order valence-electron chi connectivity index (χ4n) is 5.41. The molecule has 0 amide bonds. The summed E-state index contributed by atoms with van der Waals surface area (Å²) in [6, 6.07) is 33.1. The minimum atomic E-state index is -4.53. The Morgan fingerprint density at radius 1 is 0.488 bits per heavy atom. The van der Waals surface area contributed by atoms with E-state index in [1.807, 2.05) is 72.8 Å². The van der Waals surface area contributed by atoms with Crippen LogP contribution in [0.1, 0.15) is 11.1 Å². The van der Waals surface area contributed by atoms with Crippen molar-refractivity contribution >= 4 is 45.4 Å². The van der Waals surface area contributed by atoms with Crippen molar-refractivity contribution in [1.29, 1.82) is 0 Å². The summed E-state index contributed by atoms with van der Waals surface area (Å²) in [4.78, 5) is 0. The molecule has 0 saturated heterocycles. The number of benzene rings is 6. The number of hydrogen-bond acceptors (Lipinski definition) is 1. The summed E-state index contributed by atoms with van der Waals surface area (Å²) < 4.78 is 86.9. The molecule has 0 aromatic heterocycles. The molecule has 0 radical (unpaired) electrons. The summed E-state index contributed by atoms with van der Waals surface area (Å²) in [6.45, 7) is 0. The maximum absolute atomic E-state index is 13.5. The van der Waals surface area contributed by atoms with Gasteiger partial charge in [0.2, 0.25) is 0 Å². The molecular formula is C35H23F6OP. The Balaban J connectivity index is 1.70. The monoisotopic (exact) mass is 604 g/mol. The highest BCUT2D eigenvalue weighted by molar-refractivity contribution is 7.80. The first-order valence-corrected chi connectivity index (χ1v) is 14.6. The first-order chi connectivity index (χ1) is 20.6. The van der Waals surface area contributed by atoms with Crippen LogP contribution in [0, 0.1) is 0 Å². The lowest BCUT2D eigenvalue weighted by Crippen LogP contribution is -2.23. The van der Waals surface area contributed by atoms with Gasteiger partial charge >= 0.3 is 12.4 Å². The third-order valence-electron chi connectivity index (χ3n) is 7.41. The molecule has 6 aromatic carbocycles. The van der Waals surface area contributed by atoms with Crippen molar-refractivity contribution < 1.29 is 31.1 Å². The number of ether oxygens (including phenoxy) is 1. The molecule has 0 bridgehead atoms. The van der Waals surface area contributed by atoms with Crippen molar-refractivity contribution in [1.82, 2.24) is 0 Å². The maximum Gasteiger partial charge on any atom is 0.416 e. The van der Waals surface area contributed by atoms with Crippen LogP contribution in [0.3, 0.4) is 0 Å². The number of methoxy groups -OCH3 is 1. The van der Waals surface area contributed by atoms with Gasteiger partial charge in [-0.05, 0) is 75.7 Å². The second-order valence-electron chi connectivity index (χ2n) is 9.97. The number of halogens is 6. The highest BCUT2D eigenvalue weighted by atomic mass is 31.1. The van der Waals surface area contributed by atoms with E-state index < -0.39 is 31.4 Å². The summed E-state index contributed by atoms with van der Waals surface area (Å²) in [7, 11) is -0.0468. The van der Waals surface area contributed by atoms with Gasteiger partial charge in [-0.25, -0.2) is 0 Å². The van der Waals surface area contributed by atoms with Gasteiger partial charge in [-0.3, -0.25) is 0 Å². The Morgan fingerprint density at radius 3 is 1.40 bits per heavy atom. The van der Waals surface area contributed by atoms with Crippen LogP contribution in [0.2, 0.25) is 0 Å². The fourth-order valence-corrected chi connectivity index (χ4v) is 7.84. The van der Waals surface area contributed by atoms with E-state index in [0.717, 1.165) is 62.2 Å². The second-order valence-corrected chi connectivity index (χ2v) is 12.2. The Kier molecular flexibility index (Phi) is 7.39. The number of rotatable bonds is 5. The third kappa shape index (κ3) is 5.46. The largest absolute Gasteiger partial charge is 0.496 e. The van der Waals surface area contributed by atoms with Crippen LogP contribution in [-0.2, 0) is 12.4 Å². The smallest absolute Gasteiger partial charge is 0.416 e. The standard InChI is InChI=1S/C35H23F6OP/c1-42-30-20-10-22-6-2-4-8-28(22)32(30)33-29-9-5-3-7-23(29)11-21-31(33)43(26-16-12-24(13-17-26)34(36,37)38)27-18-14-25(15-19-27)35(39,40)41/h2-21H,1H3. The van der Waals surface area contributed by atoms with Crippen LogP contribution in [-0.4, -0.2) is 7.11 Å². The minimum Gasteiger partial charge on any atom is -0.496 e. The summed E-state index contributed by atoms with van der Waals surface area (Å²) >= 11 is 0. The van der Waals surface area contributed by atoms with E-state index in [0.29, 0.717) is 16.4 Å². The van der Waals surface area contributed by atoms with Crippen molar-refractivity contribution in [2.45, 2.75) is 12.4 Å². The zero-order valence-electron chi connectivity index (χ0n) is 22.7.